The molecule has 0 spiro atoms. The van der Waals surface area contributed by atoms with Crippen molar-refractivity contribution in [2.75, 3.05) is 25.5 Å². The lowest BCUT2D eigenvalue weighted by Gasteiger charge is -2.29. The van der Waals surface area contributed by atoms with Crippen LogP contribution in [0, 0.1) is 6.92 Å². The summed E-state index contributed by atoms with van der Waals surface area (Å²) >= 11 is 0. The predicted octanol–water partition coefficient (Wildman–Crippen LogP) is 3.55. The van der Waals surface area contributed by atoms with Crippen LogP contribution in [-0.2, 0) is 4.79 Å². The molecule has 1 N–H and O–H groups in total. The molecular weight excluding hydrogens is 318 g/mol. The Morgan fingerprint density at radius 1 is 1.32 bits per heavy atom. The highest BCUT2D eigenvalue weighted by atomic mass is 16.5. The molecule has 1 atom stereocenters. The summed E-state index contributed by atoms with van der Waals surface area (Å²) in [7, 11) is 1.67. The van der Waals surface area contributed by atoms with Crippen LogP contribution in [0.5, 0.6) is 5.75 Å². The van der Waals surface area contributed by atoms with E-state index in [1.165, 1.54) is 18.4 Å². The van der Waals surface area contributed by atoms with Gasteiger partial charge in [-0.15, -0.1) is 0 Å². The lowest BCUT2D eigenvalue weighted by Crippen LogP contribution is -2.36. The fourth-order valence-corrected chi connectivity index (χ4v) is 3.34. The van der Waals surface area contributed by atoms with Gasteiger partial charge in [0.25, 0.3) is 0 Å². The number of aromatic nitrogens is 1. The zero-order chi connectivity index (χ0) is 17.6. The van der Waals surface area contributed by atoms with Gasteiger partial charge in [-0.2, -0.15) is 0 Å². The van der Waals surface area contributed by atoms with Gasteiger partial charge in [0.2, 0.25) is 11.8 Å². The van der Waals surface area contributed by atoms with Crippen molar-refractivity contribution in [3.63, 3.8) is 0 Å². The topological polar surface area (TPSA) is 67.6 Å². The normalized spacial score (nSPS) is 18.6. The number of carbonyl (C=O) groups excluding carboxylic acids is 1. The molecule has 2 heterocycles. The smallest absolute Gasteiger partial charge is 0.240 e. The maximum Gasteiger partial charge on any atom is 0.240 e. The van der Waals surface area contributed by atoms with Gasteiger partial charge in [-0.05, 0) is 44.0 Å². The number of carbonyl (C=O) groups is 1. The van der Waals surface area contributed by atoms with Crippen molar-refractivity contribution in [2.45, 2.75) is 38.6 Å². The minimum atomic E-state index is -0.0726. The summed E-state index contributed by atoms with van der Waals surface area (Å²) in [6, 6.07) is 10.1. The molecule has 1 fully saturated rings. The second kappa shape index (κ2) is 8.16. The van der Waals surface area contributed by atoms with Gasteiger partial charge >= 0.3 is 0 Å². The second-order valence-electron chi connectivity index (χ2n) is 6.49. The summed E-state index contributed by atoms with van der Waals surface area (Å²) in [5.74, 6) is 1.18. The van der Waals surface area contributed by atoms with E-state index in [1.54, 1.807) is 13.2 Å². The molecule has 6 heteroatoms. The van der Waals surface area contributed by atoms with Crippen molar-refractivity contribution in [3.05, 3.63) is 41.6 Å². The van der Waals surface area contributed by atoms with E-state index >= 15 is 0 Å². The maximum absolute atomic E-state index is 12.4. The molecule has 1 unspecified atom stereocenters. The average Bonchev–Trinajstić information content (AvgIpc) is 2.88. The predicted molar refractivity (Wildman–Crippen MR) is 95.6 cm³/mol. The highest BCUT2D eigenvalue weighted by Crippen LogP contribution is 2.31. The number of amides is 1. The van der Waals surface area contributed by atoms with E-state index in [4.69, 9.17) is 9.26 Å². The quantitative estimate of drug-likeness (QED) is 0.899. The van der Waals surface area contributed by atoms with E-state index in [0.717, 1.165) is 30.8 Å². The molecule has 25 heavy (non-hydrogen) atoms. The third-order valence-corrected chi connectivity index (χ3v) is 4.60. The average molecular weight is 343 g/mol. The van der Waals surface area contributed by atoms with Crippen molar-refractivity contribution in [1.29, 1.82) is 0 Å². The fourth-order valence-electron chi connectivity index (χ4n) is 3.34. The number of anilines is 1. The van der Waals surface area contributed by atoms with Gasteiger partial charge in [0.1, 0.15) is 5.75 Å². The number of aryl methyl sites for hydroxylation is 1. The number of nitrogens with one attached hydrogen (secondary N) is 1. The van der Waals surface area contributed by atoms with Crippen molar-refractivity contribution < 1.29 is 14.1 Å². The Bertz CT molecular complexity index is 696. The van der Waals surface area contributed by atoms with Crippen LogP contribution in [0.3, 0.4) is 0 Å². The number of methoxy groups -OCH3 is 1. The number of ether oxygens (including phenoxy) is 1. The van der Waals surface area contributed by atoms with E-state index in [9.17, 15) is 4.79 Å². The third kappa shape index (κ3) is 4.60. The van der Waals surface area contributed by atoms with Crippen LogP contribution < -0.4 is 10.1 Å². The molecule has 1 saturated heterocycles. The first-order valence-corrected chi connectivity index (χ1v) is 8.77. The van der Waals surface area contributed by atoms with Gasteiger partial charge < -0.3 is 9.26 Å². The van der Waals surface area contributed by atoms with Gasteiger partial charge in [-0.3, -0.25) is 15.0 Å². The van der Waals surface area contributed by atoms with E-state index in [0.29, 0.717) is 12.4 Å². The number of rotatable bonds is 5. The molecule has 134 valence electrons. The van der Waals surface area contributed by atoms with E-state index in [2.05, 4.69) is 27.5 Å². The van der Waals surface area contributed by atoms with E-state index < -0.39 is 0 Å². The van der Waals surface area contributed by atoms with Crippen LogP contribution in [-0.4, -0.2) is 36.2 Å². The first-order chi connectivity index (χ1) is 12.2. The lowest BCUT2D eigenvalue weighted by atomic mass is 10.0. The Morgan fingerprint density at radius 2 is 2.12 bits per heavy atom. The molecule has 1 aliphatic heterocycles. The first kappa shape index (κ1) is 17.5. The van der Waals surface area contributed by atoms with Gasteiger partial charge in [-0.1, -0.05) is 30.1 Å². The minimum absolute atomic E-state index is 0.0726. The molecule has 3 rings (SSSR count). The van der Waals surface area contributed by atoms with Crippen molar-refractivity contribution in [3.8, 4) is 5.75 Å². The highest BCUT2D eigenvalue weighted by Gasteiger charge is 2.24. The Kier molecular flexibility index (Phi) is 5.71. The molecule has 0 aliphatic carbocycles. The monoisotopic (exact) mass is 343 g/mol. The second-order valence-corrected chi connectivity index (χ2v) is 6.49. The van der Waals surface area contributed by atoms with Crippen LogP contribution >= 0.6 is 0 Å². The maximum atomic E-state index is 12.4. The molecule has 0 bridgehead atoms. The Labute approximate surface area is 148 Å². The Morgan fingerprint density at radius 3 is 2.80 bits per heavy atom. The summed E-state index contributed by atoms with van der Waals surface area (Å²) in [4.78, 5) is 14.7. The van der Waals surface area contributed by atoms with Gasteiger partial charge in [0, 0.05) is 12.1 Å². The largest absolute Gasteiger partial charge is 0.497 e. The lowest BCUT2D eigenvalue weighted by molar-refractivity contribution is -0.118. The highest BCUT2D eigenvalue weighted by molar-refractivity contribution is 5.91. The Hall–Kier alpha value is -2.34. The summed E-state index contributed by atoms with van der Waals surface area (Å²) < 4.78 is 10.3. The van der Waals surface area contributed by atoms with Gasteiger partial charge in [0.05, 0.1) is 19.3 Å². The summed E-state index contributed by atoms with van der Waals surface area (Å²) in [5.41, 5.74) is 1.98. The number of likely N-dealkylation sites (tertiary alicyclic amines) is 1. The zero-order valence-corrected chi connectivity index (χ0v) is 14.8. The van der Waals surface area contributed by atoms with Crippen LogP contribution in [0.15, 0.2) is 34.9 Å². The molecule has 0 radical (unpaired) electrons. The molecule has 1 aliphatic rings. The van der Waals surface area contributed by atoms with Crippen LogP contribution in [0.4, 0.5) is 5.88 Å². The van der Waals surface area contributed by atoms with Gasteiger partial charge in [-0.25, -0.2) is 0 Å². The summed E-state index contributed by atoms with van der Waals surface area (Å²) in [6.07, 6.45) is 4.55. The third-order valence-electron chi connectivity index (χ3n) is 4.60. The van der Waals surface area contributed by atoms with Crippen LogP contribution in [0.25, 0.3) is 0 Å². The van der Waals surface area contributed by atoms with Crippen LogP contribution in [0.2, 0.25) is 0 Å². The molecule has 1 aromatic carbocycles. The molecule has 1 amide bonds. The van der Waals surface area contributed by atoms with Crippen LogP contribution in [0.1, 0.15) is 43.0 Å². The summed E-state index contributed by atoms with van der Waals surface area (Å²) in [6.45, 7) is 3.09. The van der Waals surface area contributed by atoms with E-state index in [-0.39, 0.29) is 11.9 Å². The summed E-state index contributed by atoms with van der Waals surface area (Å²) in [5, 5.41) is 6.59. The molecule has 6 nitrogen and oxygen atoms in total. The number of hydrogen-bond donors (Lipinski definition) is 1. The zero-order valence-electron chi connectivity index (χ0n) is 14.8. The van der Waals surface area contributed by atoms with Crippen molar-refractivity contribution in [1.82, 2.24) is 10.1 Å². The fraction of sp³-hybridized carbons (Fsp3) is 0.474. The van der Waals surface area contributed by atoms with Crippen molar-refractivity contribution >= 4 is 11.8 Å². The minimum Gasteiger partial charge on any atom is -0.497 e. The molecule has 2 aromatic rings. The van der Waals surface area contributed by atoms with E-state index in [1.807, 2.05) is 19.1 Å². The number of benzene rings is 1. The molecular formula is C19H25N3O3. The van der Waals surface area contributed by atoms with Gasteiger partial charge in [0.15, 0.2) is 0 Å². The molecule has 1 aromatic heterocycles. The standard InChI is InChI=1S/C19H25N3O3/c1-14-12-19(25-21-14)20-18(23)13-22-11-5-3-4-6-17(22)15-7-9-16(24-2)10-8-15/h7-10,12,17H,3-6,11,13H2,1-2H3,(H,20,23). The molecule has 0 saturated carbocycles. The SMILES string of the molecule is COc1ccc(C2CCCCCN2CC(=O)Nc2cc(C)no2)cc1. The Balaban J connectivity index is 1.69. The number of hydrogen-bond acceptors (Lipinski definition) is 5. The van der Waals surface area contributed by atoms with Crippen molar-refractivity contribution in [2.24, 2.45) is 0 Å². The number of nitrogens with zero attached hydrogens (tertiary/aromatic N) is 2. The first-order valence-electron chi connectivity index (χ1n) is 8.77.